The van der Waals surface area contributed by atoms with Gasteiger partial charge in [-0.2, -0.15) is 5.10 Å². The van der Waals surface area contributed by atoms with Gasteiger partial charge in [-0.25, -0.2) is 10.2 Å². The van der Waals surface area contributed by atoms with Crippen LogP contribution in [0.2, 0.25) is 0 Å². The van der Waals surface area contributed by atoms with Crippen molar-refractivity contribution < 1.29 is 24.2 Å². The number of benzene rings is 3. The second-order valence-corrected chi connectivity index (χ2v) is 9.52. The van der Waals surface area contributed by atoms with Gasteiger partial charge < -0.3 is 14.6 Å². The minimum atomic E-state index is -0.973. The number of carbonyl (C=O) groups excluding carboxylic acids is 1. The molecule has 33 heavy (non-hydrogen) atoms. The van der Waals surface area contributed by atoms with E-state index in [0.29, 0.717) is 26.0 Å². The van der Waals surface area contributed by atoms with Crippen LogP contribution < -0.4 is 14.9 Å². The highest BCUT2D eigenvalue weighted by molar-refractivity contribution is 14.1. The summed E-state index contributed by atoms with van der Waals surface area (Å²) in [5.74, 6) is -0.120. The molecule has 3 aromatic carbocycles. The van der Waals surface area contributed by atoms with E-state index in [2.05, 4.69) is 65.0 Å². The molecule has 10 heteroatoms. The average Bonchev–Trinajstić information content (AvgIpc) is 2.79. The van der Waals surface area contributed by atoms with E-state index in [-0.39, 0.29) is 18.1 Å². The van der Waals surface area contributed by atoms with Gasteiger partial charge >= 0.3 is 5.97 Å². The van der Waals surface area contributed by atoms with E-state index in [1.807, 2.05) is 0 Å². The maximum absolute atomic E-state index is 12.3. The summed E-state index contributed by atoms with van der Waals surface area (Å²) in [5, 5.41) is 13.0. The first-order valence-electron chi connectivity index (χ1n) is 9.39. The Morgan fingerprint density at radius 2 is 1.70 bits per heavy atom. The molecule has 0 bridgehead atoms. The van der Waals surface area contributed by atoms with E-state index < -0.39 is 5.97 Å². The van der Waals surface area contributed by atoms with Crippen LogP contribution >= 0.6 is 54.5 Å². The monoisotopic (exact) mass is 686 g/mol. The molecule has 0 saturated carbocycles. The topological polar surface area (TPSA) is 97.2 Å². The zero-order valence-corrected chi connectivity index (χ0v) is 22.5. The lowest BCUT2D eigenvalue weighted by molar-refractivity contribution is 0.0696. The number of halogens is 3. The van der Waals surface area contributed by atoms with Crippen molar-refractivity contribution in [1.82, 2.24) is 5.43 Å². The molecule has 170 valence electrons. The van der Waals surface area contributed by atoms with Crippen LogP contribution in [0.3, 0.4) is 0 Å². The molecule has 0 atom stereocenters. The Kier molecular flexibility index (Phi) is 8.87. The lowest BCUT2D eigenvalue weighted by atomic mass is 10.1. The standard InChI is InChI=1S/C23H17Br2IN2O5/c1-32-20-10-16(6-7-19(20)26)22(29)28-27-11-14-8-17(24)21(18(25)9-14)33-12-13-2-4-15(5-3-13)23(30)31/h2-11H,12H2,1H3,(H,28,29)(H,30,31)/b27-11-. The fraction of sp³-hybridized carbons (Fsp3) is 0.0870. The normalized spacial score (nSPS) is 10.8. The number of hydrogen-bond acceptors (Lipinski definition) is 5. The summed E-state index contributed by atoms with van der Waals surface area (Å²) in [4.78, 5) is 23.3. The summed E-state index contributed by atoms with van der Waals surface area (Å²) in [6.45, 7) is 0.264. The fourth-order valence-corrected chi connectivity index (χ4v) is 4.73. The molecule has 0 aliphatic heterocycles. The average molecular weight is 688 g/mol. The SMILES string of the molecule is COc1cc(C(=O)N/N=C\c2cc(Br)c(OCc3ccc(C(=O)O)cc3)c(Br)c2)ccc1I. The van der Waals surface area contributed by atoms with Crippen molar-refractivity contribution in [2.24, 2.45) is 5.10 Å². The van der Waals surface area contributed by atoms with Gasteiger partial charge in [0.1, 0.15) is 18.1 Å². The quantitative estimate of drug-likeness (QED) is 0.176. The van der Waals surface area contributed by atoms with Gasteiger partial charge in [0.05, 0.1) is 31.4 Å². The summed E-state index contributed by atoms with van der Waals surface area (Å²) in [6.07, 6.45) is 1.52. The molecule has 0 aliphatic carbocycles. The number of methoxy groups -OCH3 is 1. The van der Waals surface area contributed by atoms with Crippen molar-refractivity contribution in [2.75, 3.05) is 7.11 Å². The van der Waals surface area contributed by atoms with E-state index in [4.69, 9.17) is 14.6 Å². The third kappa shape index (κ3) is 6.78. The summed E-state index contributed by atoms with van der Waals surface area (Å²) in [5.41, 5.74) is 4.72. The molecular weight excluding hydrogens is 671 g/mol. The van der Waals surface area contributed by atoms with Gasteiger partial charge in [-0.15, -0.1) is 0 Å². The van der Waals surface area contributed by atoms with Gasteiger partial charge in [0.25, 0.3) is 5.91 Å². The maximum atomic E-state index is 12.3. The number of rotatable bonds is 8. The second kappa shape index (κ2) is 11.6. The fourth-order valence-electron chi connectivity index (χ4n) is 2.72. The Morgan fingerprint density at radius 3 is 2.30 bits per heavy atom. The van der Waals surface area contributed by atoms with Gasteiger partial charge in [-0.05, 0) is 108 Å². The number of nitrogens with zero attached hydrogens (tertiary/aromatic N) is 1. The molecular formula is C23H17Br2IN2O5. The Bertz CT molecular complexity index is 1190. The van der Waals surface area contributed by atoms with E-state index in [0.717, 1.165) is 14.7 Å². The van der Waals surface area contributed by atoms with Crippen LogP contribution in [-0.2, 0) is 6.61 Å². The predicted octanol–water partition coefficient (Wildman–Crippen LogP) is 5.87. The predicted molar refractivity (Wildman–Crippen MR) is 140 cm³/mol. The van der Waals surface area contributed by atoms with Gasteiger partial charge in [-0.1, -0.05) is 12.1 Å². The number of carboxylic acids is 1. The van der Waals surface area contributed by atoms with Crippen LogP contribution in [-0.4, -0.2) is 30.3 Å². The molecule has 0 aliphatic rings. The van der Waals surface area contributed by atoms with E-state index in [1.54, 1.807) is 49.6 Å². The van der Waals surface area contributed by atoms with Gasteiger partial charge in [-0.3, -0.25) is 4.79 Å². The first-order chi connectivity index (χ1) is 15.8. The Balaban J connectivity index is 1.63. The highest BCUT2D eigenvalue weighted by atomic mass is 127. The highest BCUT2D eigenvalue weighted by Crippen LogP contribution is 2.35. The van der Waals surface area contributed by atoms with E-state index in [9.17, 15) is 9.59 Å². The molecule has 0 heterocycles. The van der Waals surface area contributed by atoms with Gasteiger partial charge in [0.2, 0.25) is 0 Å². The molecule has 0 unspecified atom stereocenters. The van der Waals surface area contributed by atoms with Crippen LogP contribution in [0.15, 0.2) is 68.6 Å². The summed E-state index contributed by atoms with van der Waals surface area (Å²) < 4.78 is 13.4. The number of carboxylic acid groups (broad SMARTS) is 1. The minimum absolute atomic E-state index is 0.220. The maximum Gasteiger partial charge on any atom is 0.335 e. The van der Waals surface area contributed by atoms with Crippen molar-refractivity contribution in [2.45, 2.75) is 6.61 Å². The van der Waals surface area contributed by atoms with Crippen LogP contribution in [0.25, 0.3) is 0 Å². The zero-order chi connectivity index (χ0) is 24.0. The molecule has 0 fully saturated rings. The molecule has 3 rings (SSSR count). The van der Waals surface area contributed by atoms with Crippen LogP contribution in [0.4, 0.5) is 0 Å². The molecule has 0 spiro atoms. The number of ether oxygens (including phenoxy) is 2. The Hall–Kier alpha value is -2.44. The summed E-state index contributed by atoms with van der Waals surface area (Å²) in [7, 11) is 1.55. The minimum Gasteiger partial charge on any atom is -0.496 e. The number of aromatic carboxylic acids is 1. The van der Waals surface area contributed by atoms with Gasteiger partial charge in [0, 0.05) is 5.56 Å². The van der Waals surface area contributed by atoms with Crippen molar-refractivity contribution in [3.05, 3.63) is 89.4 Å². The largest absolute Gasteiger partial charge is 0.496 e. The molecule has 0 radical (unpaired) electrons. The number of carbonyl (C=O) groups is 2. The van der Waals surface area contributed by atoms with Crippen LogP contribution in [0.5, 0.6) is 11.5 Å². The lowest BCUT2D eigenvalue weighted by Crippen LogP contribution is -2.17. The van der Waals surface area contributed by atoms with Crippen LogP contribution in [0.1, 0.15) is 31.8 Å². The molecule has 7 nitrogen and oxygen atoms in total. The summed E-state index contributed by atoms with van der Waals surface area (Å²) in [6, 6.07) is 15.2. The number of amides is 1. The molecule has 1 amide bonds. The smallest absolute Gasteiger partial charge is 0.335 e. The van der Waals surface area contributed by atoms with Crippen LogP contribution in [0, 0.1) is 3.57 Å². The molecule has 0 saturated heterocycles. The van der Waals surface area contributed by atoms with Crippen molar-refractivity contribution in [1.29, 1.82) is 0 Å². The van der Waals surface area contributed by atoms with E-state index in [1.165, 1.54) is 18.3 Å². The van der Waals surface area contributed by atoms with E-state index >= 15 is 0 Å². The molecule has 0 aromatic heterocycles. The number of hydrazone groups is 1. The van der Waals surface area contributed by atoms with Gasteiger partial charge in [0.15, 0.2) is 0 Å². The second-order valence-electron chi connectivity index (χ2n) is 6.65. The van der Waals surface area contributed by atoms with Crippen molar-refractivity contribution in [3.63, 3.8) is 0 Å². The van der Waals surface area contributed by atoms with Crippen molar-refractivity contribution in [3.8, 4) is 11.5 Å². The lowest BCUT2D eigenvalue weighted by Gasteiger charge is -2.11. The Labute approximate surface area is 220 Å². The highest BCUT2D eigenvalue weighted by Gasteiger charge is 2.11. The molecule has 3 aromatic rings. The zero-order valence-electron chi connectivity index (χ0n) is 17.1. The first-order valence-corrected chi connectivity index (χ1v) is 12.1. The third-order valence-electron chi connectivity index (χ3n) is 4.40. The Morgan fingerprint density at radius 1 is 1.06 bits per heavy atom. The number of nitrogens with one attached hydrogen (secondary N) is 1. The molecule has 2 N–H and O–H groups in total. The first kappa shape index (κ1) is 25.2. The number of hydrogen-bond donors (Lipinski definition) is 2. The summed E-state index contributed by atoms with van der Waals surface area (Å²) >= 11 is 9.10. The van der Waals surface area contributed by atoms with Crippen molar-refractivity contribution >= 4 is 72.5 Å². The third-order valence-corrected chi connectivity index (χ3v) is 6.47.